The smallest absolute Gasteiger partial charge is 0.288 e. The lowest BCUT2D eigenvalue weighted by Gasteiger charge is -2.09. The number of nitrogens with zero attached hydrogens (tertiary/aromatic N) is 4. The van der Waals surface area contributed by atoms with E-state index in [0.717, 1.165) is 0 Å². The normalized spacial score (nSPS) is 10.9. The third-order valence-electron chi connectivity index (χ3n) is 3.34. The van der Waals surface area contributed by atoms with Crippen molar-refractivity contribution in [2.45, 2.75) is 17.2 Å². The number of amides is 1. The van der Waals surface area contributed by atoms with E-state index in [1.165, 1.54) is 35.0 Å². The van der Waals surface area contributed by atoms with Crippen LogP contribution in [0.3, 0.4) is 0 Å². The van der Waals surface area contributed by atoms with Crippen molar-refractivity contribution in [3.8, 4) is 5.69 Å². The third kappa shape index (κ3) is 4.20. The molecule has 0 atom stereocenters. The molecule has 0 spiro atoms. The summed E-state index contributed by atoms with van der Waals surface area (Å²) in [6.07, 6.45) is 0. The molecule has 2 aromatic carbocycles. The van der Waals surface area contributed by atoms with Crippen LogP contribution in [0, 0.1) is 5.82 Å². The molecule has 0 unspecified atom stereocenters. The van der Waals surface area contributed by atoms with Crippen molar-refractivity contribution >= 4 is 17.7 Å². The molecular formula is C16H12F3N5OS. The molecule has 0 aliphatic rings. The van der Waals surface area contributed by atoms with E-state index in [9.17, 15) is 18.0 Å². The molecule has 0 radical (unpaired) electrons. The molecule has 6 nitrogen and oxygen atoms in total. The van der Waals surface area contributed by atoms with E-state index in [0.29, 0.717) is 17.4 Å². The van der Waals surface area contributed by atoms with E-state index in [1.807, 2.05) is 0 Å². The summed E-state index contributed by atoms with van der Waals surface area (Å²) in [5.74, 6) is -3.36. The zero-order valence-corrected chi connectivity index (χ0v) is 14.0. The van der Waals surface area contributed by atoms with Crippen LogP contribution >= 0.6 is 11.8 Å². The zero-order valence-electron chi connectivity index (χ0n) is 13.1. The molecule has 3 aromatic rings. The Bertz CT molecular complexity index is 918. The lowest BCUT2D eigenvalue weighted by atomic mass is 10.2. The van der Waals surface area contributed by atoms with Crippen LogP contribution in [0.1, 0.15) is 16.2 Å². The van der Waals surface area contributed by atoms with Gasteiger partial charge in [-0.1, -0.05) is 30.0 Å². The summed E-state index contributed by atoms with van der Waals surface area (Å²) in [5, 5.41) is 13.7. The minimum absolute atomic E-state index is 0.0595. The number of rotatable bonds is 6. The number of carbonyl (C=O) groups excluding carboxylic acids is 1. The standard InChI is InChI=1S/C16H12F3N5OS/c17-10-4-3-5-11(8-10)24-14(21-22-23-24)9-20-15(25)12-6-1-2-7-13(12)26-16(18)19/h1-8,16H,9H2,(H,20,25). The van der Waals surface area contributed by atoms with E-state index in [-0.39, 0.29) is 22.8 Å². The van der Waals surface area contributed by atoms with E-state index in [2.05, 4.69) is 20.8 Å². The summed E-state index contributed by atoms with van der Waals surface area (Å²) >= 11 is 0.297. The van der Waals surface area contributed by atoms with Gasteiger partial charge >= 0.3 is 0 Å². The maximum absolute atomic E-state index is 13.4. The predicted molar refractivity (Wildman–Crippen MR) is 88.6 cm³/mol. The Hall–Kier alpha value is -2.88. The quantitative estimate of drug-likeness (QED) is 0.667. The highest BCUT2D eigenvalue weighted by atomic mass is 32.2. The van der Waals surface area contributed by atoms with Crippen LogP contribution in [0.25, 0.3) is 5.69 Å². The van der Waals surface area contributed by atoms with Crippen molar-refractivity contribution in [3.63, 3.8) is 0 Å². The first kappa shape index (κ1) is 17.9. The molecular weight excluding hydrogens is 367 g/mol. The molecule has 1 heterocycles. The van der Waals surface area contributed by atoms with Crippen molar-refractivity contribution in [2.75, 3.05) is 0 Å². The van der Waals surface area contributed by atoms with Crippen LogP contribution in [0.5, 0.6) is 0 Å². The number of carbonyl (C=O) groups is 1. The van der Waals surface area contributed by atoms with Crippen LogP contribution < -0.4 is 5.32 Å². The number of halogens is 3. The van der Waals surface area contributed by atoms with Gasteiger partial charge in [0.25, 0.3) is 11.7 Å². The monoisotopic (exact) mass is 379 g/mol. The van der Waals surface area contributed by atoms with Crippen molar-refractivity contribution < 1.29 is 18.0 Å². The number of nitrogens with one attached hydrogen (secondary N) is 1. The van der Waals surface area contributed by atoms with E-state index >= 15 is 0 Å². The summed E-state index contributed by atoms with van der Waals surface area (Å²) in [6.45, 7) is -0.0595. The van der Waals surface area contributed by atoms with Crippen molar-refractivity contribution in [1.82, 2.24) is 25.5 Å². The first-order chi connectivity index (χ1) is 12.5. The van der Waals surface area contributed by atoms with Gasteiger partial charge in [0.2, 0.25) is 0 Å². The lowest BCUT2D eigenvalue weighted by Crippen LogP contribution is -2.25. The molecule has 1 amide bonds. The number of benzene rings is 2. The Morgan fingerprint density at radius 2 is 2.00 bits per heavy atom. The number of alkyl halides is 2. The minimum atomic E-state index is -2.63. The summed E-state index contributed by atoms with van der Waals surface area (Å²) in [5.41, 5.74) is 0.524. The lowest BCUT2D eigenvalue weighted by molar-refractivity contribution is 0.0946. The molecule has 134 valence electrons. The van der Waals surface area contributed by atoms with Gasteiger partial charge in [0, 0.05) is 4.90 Å². The Labute approximate surface area is 150 Å². The fourth-order valence-electron chi connectivity index (χ4n) is 2.23. The van der Waals surface area contributed by atoms with Gasteiger partial charge in [0.15, 0.2) is 5.82 Å². The highest BCUT2D eigenvalue weighted by Crippen LogP contribution is 2.28. The SMILES string of the molecule is O=C(NCc1nnnn1-c1cccc(F)c1)c1ccccc1SC(F)F. The fraction of sp³-hybridized carbons (Fsp3) is 0.125. The van der Waals surface area contributed by atoms with Gasteiger partial charge in [-0.05, 0) is 40.8 Å². The molecule has 0 aliphatic carbocycles. The Morgan fingerprint density at radius 3 is 2.77 bits per heavy atom. The molecule has 0 fully saturated rings. The van der Waals surface area contributed by atoms with Gasteiger partial charge in [-0.15, -0.1) is 5.10 Å². The predicted octanol–water partition coefficient (Wildman–Crippen LogP) is 3.05. The van der Waals surface area contributed by atoms with Gasteiger partial charge < -0.3 is 5.32 Å². The Balaban J connectivity index is 1.75. The average molecular weight is 379 g/mol. The Kier molecular flexibility index (Phi) is 5.52. The molecule has 0 bridgehead atoms. The Morgan fingerprint density at radius 1 is 1.19 bits per heavy atom. The molecule has 1 N–H and O–H groups in total. The fourth-order valence-corrected chi connectivity index (χ4v) is 2.87. The van der Waals surface area contributed by atoms with Crippen LogP contribution in [-0.4, -0.2) is 31.9 Å². The van der Waals surface area contributed by atoms with Crippen molar-refractivity contribution in [3.05, 3.63) is 65.7 Å². The molecule has 3 rings (SSSR count). The zero-order chi connectivity index (χ0) is 18.5. The van der Waals surface area contributed by atoms with Crippen molar-refractivity contribution in [2.24, 2.45) is 0 Å². The van der Waals surface area contributed by atoms with Gasteiger partial charge in [0.1, 0.15) is 5.82 Å². The summed E-state index contributed by atoms with van der Waals surface area (Å²) in [6, 6.07) is 11.7. The molecule has 0 aliphatic heterocycles. The van der Waals surface area contributed by atoms with Crippen molar-refractivity contribution in [1.29, 1.82) is 0 Å². The van der Waals surface area contributed by atoms with Crippen LogP contribution in [0.2, 0.25) is 0 Å². The van der Waals surface area contributed by atoms with Gasteiger partial charge in [-0.2, -0.15) is 13.5 Å². The average Bonchev–Trinajstić information content (AvgIpc) is 3.08. The second kappa shape index (κ2) is 8.00. The molecule has 0 saturated heterocycles. The minimum Gasteiger partial charge on any atom is -0.345 e. The van der Waals surface area contributed by atoms with Gasteiger partial charge in [-0.3, -0.25) is 4.79 Å². The maximum Gasteiger partial charge on any atom is 0.288 e. The number of hydrogen-bond acceptors (Lipinski definition) is 5. The molecule has 0 saturated carbocycles. The number of aromatic nitrogens is 4. The summed E-state index contributed by atoms with van der Waals surface area (Å²) in [4.78, 5) is 12.5. The first-order valence-electron chi connectivity index (χ1n) is 7.40. The van der Waals surface area contributed by atoms with E-state index < -0.39 is 17.5 Å². The number of thioether (sulfide) groups is 1. The molecule has 10 heteroatoms. The number of tetrazole rings is 1. The van der Waals surface area contributed by atoms with Crippen LogP contribution in [0.4, 0.5) is 13.2 Å². The first-order valence-corrected chi connectivity index (χ1v) is 8.28. The number of hydrogen-bond donors (Lipinski definition) is 1. The van der Waals surface area contributed by atoms with Crippen LogP contribution in [0.15, 0.2) is 53.4 Å². The summed E-state index contributed by atoms with van der Waals surface area (Å²) < 4.78 is 39.9. The van der Waals surface area contributed by atoms with E-state index in [1.54, 1.807) is 18.2 Å². The van der Waals surface area contributed by atoms with Gasteiger partial charge in [0.05, 0.1) is 17.8 Å². The molecule has 1 aromatic heterocycles. The highest BCUT2D eigenvalue weighted by molar-refractivity contribution is 7.99. The largest absolute Gasteiger partial charge is 0.345 e. The van der Waals surface area contributed by atoms with E-state index in [4.69, 9.17) is 0 Å². The maximum atomic E-state index is 13.4. The topological polar surface area (TPSA) is 72.7 Å². The second-order valence-electron chi connectivity index (χ2n) is 5.04. The van der Waals surface area contributed by atoms with Gasteiger partial charge in [-0.25, -0.2) is 4.39 Å². The van der Waals surface area contributed by atoms with Crippen LogP contribution in [-0.2, 0) is 6.54 Å². The summed E-state index contributed by atoms with van der Waals surface area (Å²) in [7, 11) is 0. The molecule has 26 heavy (non-hydrogen) atoms. The third-order valence-corrected chi connectivity index (χ3v) is 4.13. The second-order valence-corrected chi connectivity index (χ2v) is 6.08. The highest BCUT2D eigenvalue weighted by Gasteiger charge is 2.16.